The second-order valence-electron chi connectivity index (χ2n) is 5.42. The van der Waals surface area contributed by atoms with Gasteiger partial charge in [0, 0.05) is 31.8 Å². The summed E-state index contributed by atoms with van der Waals surface area (Å²) in [5.74, 6) is 0.486. The largest absolute Gasteiger partial charge is 0.380 e. The SMILES string of the molecule is CNC(Cc1ccn(C(C)C)n1)C(OC)C(C)C. The van der Waals surface area contributed by atoms with Gasteiger partial charge in [0.05, 0.1) is 11.8 Å². The zero-order valence-electron chi connectivity index (χ0n) is 12.5. The van der Waals surface area contributed by atoms with E-state index in [1.54, 1.807) is 7.11 Å². The molecule has 0 saturated heterocycles. The van der Waals surface area contributed by atoms with E-state index in [1.807, 2.05) is 17.9 Å². The van der Waals surface area contributed by atoms with E-state index in [4.69, 9.17) is 4.74 Å². The molecule has 1 aromatic heterocycles. The molecule has 0 aliphatic carbocycles. The molecule has 104 valence electrons. The Balaban J connectivity index is 2.72. The summed E-state index contributed by atoms with van der Waals surface area (Å²) in [6.07, 6.45) is 3.15. The van der Waals surface area contributed by atoms with E-state index < -0.39 is 0 Å². The Kier molecular flexibility index (Phi) is 5.82. The van der Waals surface area contributed by atoms with Gasteiger partial charge in [0.2, 0.25) is 0 Å². The zero-order valence-corrected chi connectivity index (χ0v) is 12.5. The zero-order chi connectivity index (χ0) is 13.7. The van der Waals surface area contributed by atoms with Gasteiger partial charge >= 0.3 is 0 Å². The maximum Gasteiger partial charge on any atom is 0.0750 e. The van der Waals surface area contributed by atoms with Crippen LogP contribution in [0.4, 0.5) is 0 Å². The Hall–Kier alpha value is -0.870. The number of nitrogens with zero attached hydrogens (tertiary/aromatic N) is 2. The first-order valence-corrected chi connectivity index (χ1v) is 6.73. The normalized spacial score (nSPS) is 15.3. The first-order chi connectivity index (χ1) is 8.49. The van der Waals surface area contributed by atoms with E-state index in [-0.39, 0.29) is 6.10 Å². The van der Waals surface area contributed by atoms with Crippen molar-refractivity contribution in [1.82, 2.24) is 15.1 Å². The summed E-state index contributed by atoms with van der Waals surface area (Å²) in [6.45, 7) is 8.65. The molecule has 4 nitrogen and oxygen atoms in total. The third kappa shape index (κ3) is 3.82. The molecule has 2 unspecified atom stereocenters. The minimum absolute atomic E-state index is 0.208. The molecule has 1 N–H and O–H groups in total. The predicted molar refractivity (Wildman–Crippen MR) is 74.8 cm³/mol. The molecule has 0 amide bonds. The molecule has 18 heavy (non-hydrogen) atoms. The van der Waals surface area contributed by atoms with Gasteiger partial charge < -0.3 is 10.1 Å². The van der Waals surface area contributed by atoms with Gasteiger partial charge in [-0.1, -0.05) is 13.8 Å². The molecule has 0 saturated carbocycles. The number of ether oxygens (including phenoxy) is 1. The Morgan fingerprint density at radius 2 is 2.00 bits per heavy atom. The van der Waals surface area contributed by atoms with Crippen LogP contribution in [0.25, 0.3) is 0 Å². The molecule has 0 bridgehead atoms. The van der Waals surface area contributed by atoms with Crippen LogP contribution < -0.4 is 5.32 Å². The number of rotatable bonds is 7. The van der Waals surface area contributed by atoms with Gasteiger partial charge in [-0.25, -0.2) is 0 Å². The smallest absolute Gasteiger partial charge is 0.0750 e. The van der Waals surface area contributed by atoms with Crippen molar-refractivity contribution in [3.63, 3.8) is 0 Å². The van der Waals surface area contributed by atoms with E-state index >= 15 is 0 Å². The summed E-state index contributed by atoms with van der Waals surface area (Å²) in [4.78, 5) is 0. The number of methoxy groups -OCH3 is 1. The highest BCUT2D eigenvalue weighted by molar-refractivity contribution is 5.03. The topological polar surface area (TPSA) is 39.1 Å². The molecule has 0 spiro atoms. The van der Waals surface area contributed by atoms with E-state index in [0.29, 0.717) is 18.0 Å². The van der Waals surface area contributed by atoms with E-state index in [1.165, 1.54) is 0 Å². The first kappa shape index (κ1) is 15.2. The van der Waals surface area contributed by atoms with Crippen LogP contribution in [0.5, 0.6) is 0 Å². The standard InChI is InChI=1S/C14H27N3O/c1-10(2)14(18-6)13(15-5)9-12-7-8-17(16-12)11(3)4/h7-8,10-11,13-15H,9H2,1-6H3. The Labute approximate surface area is 111 Å². The van der Waals surface area contributed by atoms with E-state index in [2.05, 4.69) is 44.2 Å². The fourth-order valence-electron chi connectivity index (χ4n) is 2.28. The van der Waals surface area contributed by atoms with Crippen molar-refractivity contribution in [2.24, 2.45) is 5.92 Å². The number of likely N-dealkylation sites (N-methyl/N-ethyl adjacent to an activating group) is 1. The average Bonchev–Trinajstić information content (AvgIpc) is 2.76. The van der Waals surface area contributed by atoms with Crippen LogP contribution >= 0.6 is 0 Å². The first-order valence-electron chi connectivity index (χ1n) is 6.73. The summed E-state index contributed by atoms with van der Waals surface area (Å²) in [5, 5.41) is 7.94. The summed E-state index contributed by atoms with van der Waals surface area (Å²) in [7, 11) is 3.76. The Morgan fingerprint density at radius 1 is 1.33 bits per heavy atom. The van der Waals surface area contributed by atoms with Crippen LogP contribution in [0.1, 0.15) is 39.4 Å². The second-order valence-corrected chi connectivity index (χ2v) is 5.42. The van der Waals surface area contributed by atoms with Gasteiger partial charge in [0.1, 0.15) is 0 Å². The van der Waals surface area contributed by atoms with Gasteiger partial charge in [-0.15, -0.1) is 0 Å². The summed E-state index contributed by atoms with van der Waals surface area (Å²) in [6, 6.07) is 2.80. The molecule has 1 rings (SSSR count). The molecule has 0 radical (unpaired) electrons. The van der Waals surface area contributed by atoms with Gasteiger partial charge in [-0.3, -0.25) is 4.68 Å². The lowest BCUT2D eigenvalue weighted by Crippen LogP contribution is -2.43. The van der Waals surface area contributed by atoms with Crippen molar-refractivity contribution >= 4 is 0 Å². The number of aromatic nitrogens is 2. The fraction of sp³-hybridized carbons (Fsp3) is 0.786. The van der Waals surface area contributed by atoms with Gasteiger partial charge in [-0.05, 0) is 32.9 Å². The van der Waals surface area contributed by atoms with Gasteiger partial charge in [0.25, 0.3) is 0 Å². The van der Waals surface area contributed by atoms with Crippen LogP contribution in [-0.2, 0) is 11.2 Å². The lowest BCUT2D eigenvalue weighted by Gasteiger charge is -2.28. The van der Waals surface area contributed by atoms with Crippen molar-refractivity contribution in [2.45, 2.75) is 52.3 Å². The number of hydrogen-bond donors (Lipinski definition) is 1. The van der Waals surface area contributed by atoms with Crippen molar-refractivity contribution in [3.8, 4) is 0 Å². The molecule has 1 heterocycles. The minimum atomic E-state index is 0.208. The molecule has 0 aromatic carbocycles. The lowest BCUT2D eigenvalue weighted by atomic mass is 9.96. The van der Waals surface area contributed by atoms with Crippen molar-refractivity contribution < 1.29 is 4.74 Å². The van der Waals surface area contributed by atoms with Crippen LogP contribution in [0.2, 0.25) is 0 Å². The Morgan fingerprint density at radius 3 is 2.39 bits per heavy atom. The fourth-order valence-corrected chi connectivity index (χ4v) is 2.28. The Bertz CT molecular complexity index is 347. The molecule has 2 atom stereocenters. The van der Waals surface area contributed by atoms with Crippen molar-refractivity contribution in [2.75, 3.05) is 14.2 Å². The lowest BCUT2D eigenvalue weighted by molar-refractivity contribution is 0.0351. The monoisotopic (exact) mass is 253 g/mol. The minimum Gasteiger partial charge on any atom is -0.380 e. The molecule has 0 aliphatic heterocycles. The van der Waals surface area contributed by atoms with Crippen LogP contribution in [0.15, 0.2) is 12.3 Å². The third-order valence-corrected chi connectivity index (χ3v) is 3.32. The van der Waals surface area contributed by atoms with Gasteiger partial charge in [0.15, 0.2) is 0 Å². The average molecular weight is 253 g/mol. The number of nitrogens with one attached hydrogen (secondary N) is 1. The maximum atomic E-state index is 5.59. The highest BCUT2D eigenvalue weighted by Crippen LogP contribution is 2.14. The van der Waals surface area contributed by atoms with Crippen LogP contribution in [0.3, 0.4) is 0 Å². The maximum absolute atomic E-state index is 5.59. The van der Waals surface area contributed by atoms with E-state index in [0.717, 1.165) is 12.1 Å². The van der Waals surface area contributed by atoms with Crippen LogP contribution in [0, 0.1) is 5.92 Å². The van der Waals surface area contributed by atoms with Gasteiger partial charge in [-0.2, -0.15) is 5.10 Å². The second kappa shape index (κ2) is 6.90. The van der Waals surface area contributed by atoms with Crippen molar-refractivity contribution in [3.05, 3.63) is 18.0 Å². The quantitative estimate of drug-likeness (QED) is 0.810. The molecule has 0 fully saturated rings. The molecule has 1 aromatic rings. The summed E-state index contributed by atoms with van der Waals surface area (Å²) < 4.78 is 7.59. The summed E-state index contributed by atoms with van der Waals surface area (Å²) >= 11 is 0. The molecule has 0 aliphatic rings. The third-order valence-electron chi connectivity index (χ3n) is 3.32. The van der Waals surface area contributed by atoms with Crippen molar-refractivity contribution in [1.29, 1.82) is 0 Å². The van der Waals surface area contributed by atoms with Crippen LogP contribution in [-0.4, -0.2) is 36.1 Å². The predicted octanol–water partition coefficient (Wildman–Crippen LogP) is 2.27. The summed E-state index contributed by atoms with van der Waals surface area (Å²) in [5.41, 5.74) is 1.12. The number of hydrogen-bond acceptors (Lipinski definition) is 3. The molecular formula is C14H27N3O. The molecular weight excluding hydrogens is 226 g/mol. The van der Waals surface area contributed by atoms with E-state index in [9.17, 15) is 0 Å². The highest BCUT2D eigenvalue weighted by atomic mass is 16.5. The molecule has 4 heteroatoms. The highest BCUT2D eigenvalue weighted by Gasteiger charge is 2.24.